The van der Waals surface area contributed by atoms with E-state index in [0.717, 1.165) is 5.56 Å². The standard InChI is InChI=1S/C23H24N2O6/c1-14-29-13-17(26)20(30-14)19-18-21(31-24(19)12-15-8-4-2-5-9-15)23(28)25(22(18)27)16-10-6-3-7-11-16/h2-11,14,17-21,26H,12-13H2,1H3/t14-,17-,18-,19+,20-,21+/m1/s1. The molecule has 6 atom stereocenters. The molecule has 3 heterocycles. The average Bonchev–Trinajstić information content (AvgIpc) is 3.26. The van der Waals surface area contributed by atoms with Gasteiger partial charge in [0.15, 0.2) is 12.4 Å². The molecule has 8 heteroatoms. The van der Waals surface area contributed by atoms with E-state index in [1.807, 2.05) is 36.4 Å². The number of benzene rings is 2. The predicted octanol–water partition coefficient (Wildman–Crippen LogP) is 1.48. The molecule has 8 nitrogen and oxygen atoms in total. The molecule has 5 rings (SSSR count). The maximum atomic E-state index is 13.5. The highest BCUT2D eigenvalue weighted by molar-refractivity contribution is 6.23. The van der Waals surface area contributed by atoms with Crippen LogP contribution in [-0.2, 0) is 30.4 Å². The van der Waals surface area contributed by atoms with Gasteiger partial charge in [0.2, 0.25) is 5.91 Å². The van der Waals surface area contributed by atoms with Crippen LogP contribution in [0, 0.1) is 5.92 Å². The summed E-state index contributed by atoms with van der Waals surface area (Å²) in [5.74, 6) is -1.55. The number of rotatable bonds is 4. The number of ether oxygens (including phenoxy) is 2. The van der Waals surface area contributed by atoms with Gasteiger partial charge in [0.1, 0.15) is 12.2 Å². The third kappa shape index (κ3) is 3.56. The second kappa shape index (κ2) is 8.14. The fourth-order valence-electron chi connectivity index (χ4n) is 4.59. The first-order valence-corrected chi connectivity index (χ1v) is 10.4. The van der Waals surface area contributed by atoms with Gasteiger partial charge >= 0.3 is 0 Å². The molecule has 0 aliphatic carbocycles. The van der Waals surface area contributed by atoms with E-state index in [0.29, 0.717) is 12.2 Å². The van der Waals surface area contributed by atoms with Gasteiger partial charge < -0.3 is 14.6 Å². The Morgan fingerprint density at radius 3 is 2.39 bits per heavy atom. The van der Waals surface area contributed by atoms with Crippen LogP contribution in [0.4, 0.5) is 5.69 Å². The molecule has 0 unspecified atom stereocenters. The van der Waals surface area contributed by atoms with E-state index in [9.17, 15) is 14.7 Å². The van der Waals surface area contributed by atoms with Crippen molar-refractivity contribution < 1.29 is 29.0 Å². The second-order valence-electron chi connectivity index (χ2n) is 8.02. The Kier molecular flexibility index (Phi) is 5.33. The van der Waals surface area contributed by atoms with Crippen LogP contribution in [0.5, 0.6) is 0 Å². The van der Waals surface area contributed by atoms with Crippen LogP contribution in [0.25, 0.3) is 0 Å². The van der Waals surface area contributed by atoms with Crippen molar-refractivity contribution >= 4 is 17.5 Å². The molecule has 0 bridgehead atoms. The largest absolute Gasteiger partial charge is 0.388 e. The lowest BCUT2D eigenvalue weighted by Crippen LogP contribution is -2.56. The van der Waals surface area contributed by atoms with E-state index < -0.39 is 42.5 Å². The normalized spacial score (nSPS) is 33.7. The highest BCUT2D eigenvalue weighted by Crippen LogP contribution is 2.42. The minimum atomic E-state index is -0.963. The topological polar surface area (TPSA) is 88.5 Å². The third-order valence-electron chi connectivity index (χ3n) is 6.01. The average molecular weight is 424 g/mol. The number of carbonyl (C=O) groups is 2. The zero-order chi connectivity index (χ0) is 21.5. The molecule has 0 spiro atoms. The van der Waals surface area contributed by atoms with Crippen LogP contribution in [0.2, 0.25) is 0 Å². The first-order valence-electron chi connectivity index (χ1n) is 10.4. The predicted molar refractivity (Wildman–Crippen MR) is 109 cm³/mol. The van der Waals surface area contributed by atoms with Crippen molar-refractivity contribution in [2.24, 2.45) is 5.92 Å². The van der Waals surface area contributed by atoms with Crippen molar-refractivity contribution in [3.8, 4) is 0 Å². The van der Waals surface area contributed by atoms with Crippen molar-refractivity contribution in [1.29, 1.82) is 0 Å². The summed E-state index contributed by atoms with van der Waals surface area (Å²) in [7, 11) is 0. The van der Waals surface area contributed by atoms with E-state index in [1.54, 1.807) is 36.3 Å². The van der Waals surface area contributed by atoms with Crippen LogP contribution < -0.4 is 4.90 Å². The number of para-hydroxylation sites is 1. The summed E-state index contributed by atoms with van der Waals surface area (Å²) in [5.41, 5.74) is 1.47. The van der Waals surface area contributed by atoms with Crippen molar-refractivity contribution in [2.45, 2.75) is 44.1 Å². The fraction of sp³-hybridized carbons (Fsp3) is 0.391. The lowest BCUT2D eigenvalue weighted by atomic mass is 9.89. The molecule has 0 saturated carbocycles. The molecule has 3 aliphatic rings. The zero-order valence-electron chi connectivity index (χ0n) is 17.0. The molecule has 1 N–H and O–H groups in total. The number of imide groups is 1. The number of fused-ring (bicyclic) bond motifs is 1. The number of hydrogen-bond donors (Lipinski definition) is 1. The van der Waals surface area contributed by atoms with Crippen molar-refractivity contribution in [2.75, 3.05) is 11.5 Å². The van der Waals surface area contributed by atoms with Gasteiger partial charge in [-0.15, -0.1) is 0 Å². The van der Waals surface area contributed by atoms with E-state index in [2.05, 4.69) is 0 Å². The number of aliphatic hydroxyl groups excluding tert-OH is 1. The molecular weight excluding hydrogens is 400 g/mol. The number of amides is 2. The molecule has 2 aromatic carbocycles. The summed E-state index contributed by atoms with van der Waals surface area (Å²) >= 11 is 0. The van der Waals surface area contributed by atoms with Crippen LogP contribution in [0.15, 0.2) is 60.7 Å². The van der Waals surface area contributed by atoms with E-state index in [1.165, 1.54) is 4.90 Å². The first kappa shape index (κ1) is 20.3. The molecule has 3 fully saturated rings. The van der Waals surface area contributed by atoms with Crippen LogP contribution >= 0.6 is 0 Å². The van der Waals surface area contributed by atoms with Gasteiger partial charge in [-0.3, -0.25) is 14.4 Å². The molecule has 2 amide bonds. The van der Waals surface area contributed by atoms with Crippen molar-refractivity contribution in [3.05, 3.63) is 66.2 Å². The van der Waals surface area contributed by atoms with Gasteiger partial charge in [-0.05, 0) is 24.6 Å². The highest BCUT2D eigenvalue weighted by atomic mass is 16.7. The number of nitrogens with zero attached hydrogens (tertiary/aromatic N) is 2. The minimum absolute atomic E-state index is 0.0867. The Bertz CT molecular complexity index is 955. The summed E-state index contributed by atoms with van der Waals surface area (Å²) in [5, 5.41) is 12.3. The summed E-state index contributed by atoms with van der Waals surface area (Å²) in [6.45, 7) is 2.18. The SMILES string of the molecule is C[C@@H]1OC[C@@H](O)[C@H]([C@@H]2[C@H]3C(=O)N(c4ccccc4)C(=O)[C@H]3ON2Cc2ccccc2)O1. The molecule has 0 radical (unpaired) electrons. The summed E-state index contributed by atoms with van der Waals surface area (Å²) in [4.78, 5) is 33.9. The Morgan fingerprint density at radius 1 is 1.00 bits per heavy atom. The quantitative estimate of drug-likeness (QED) is 0.744. The Labute approximate surface area is 179 Å². The lowest BCUT2D eigenvalue weighted by Gasteiger charge is -2.39. The van der Waals surface area contributed by atoms with Crippen LogP contribution in [0.1, 0.15) is 12.5 Å². The van der Waals surface area contributed by atoms with Crippen molar-refractivity contribution in [3.63, 3.8) is 0 Å². The number of carbonyl (C=O) groups excluding carboxylic acids is 2. The van der Waals surface area contributed by atoms with E-state index in [4.69, 9.17) is 14.3 Å². The van der Waals surface area contributed by atoms with E-state index in [-0.39, 0.29) is 12.5 Å². The van der Waals surface area contributed by atoms with Gasteiger partial charge in [-0.1, -0.05) is 48.5 Å². The van der Waals surface area contributed by atoms with Gasteiger partial charge in [-0.25, -0.2) is 4.90 Å². The molecule has 162 valence electrons. The van der Waals surface area contributed by atoms with Crippen LogP contribution in [-0.4, -0.2) is 59.2 Å². The molecule has 31 heavy (non-hydrogen) atoms. The lowest BCUT2D eigenvalue weighted by molar-refractivity contribution is -0.275. The maximum absolute atomic E-state index is 13.5. The van der Waals surface area contributed by atoms with Gasteiger partial charge in [-0.2, -0.15) is 5.06 Å². The fourth-order valence-corrected chi connectivity index (χ4v) is 4.59. The number of hydrogen-bond acceptors (Lipinski definition) is 7. The monoisotopic (exact) mass is 424 g/mol. The van der Waals surface area contributed by atoms with Gasteiger partial charge in [0.25, 0.3) is 5.91 Å². The van der Waals surface area contributed by atoms with E-state index >= 15 is 0 Å². The van der Waals surface area contributed by atoms with Gasteiger partial charge in [0, 0.05) is 6.54 Å². The summed E-state index contributed by atoms with van der Waals surface area (Å²) in [6.07, 6.45) is -3.19. The Hall–Kier alpha value is -2.62. The molecule has 3 saturated heterocycles. The third-order valence-corrected chi connectivity index (χ3v) is 6.01. The second-order valence-corrected chi connectivity index (χ2v) is 8.02. The summed E-state index contributed by atoms with van der Waals surface area (Å²) in [6, 6.07) is 17.8. The zero-order valence-corrected chi connectivity index (χ0v) is 17.0. The number of aliphatic hydroxyl groups is 1. The molecule has 3 aliphatic heterocycles. The Balaban J connectivity index is 1.50. The number of hydroxylamine groups is 2. The molecule has 0 aromatic heterocycles. The van der Waals surface area contributed by atoms with Crippen molar-refractivity contribution in [1.82, 2.24) is 5.06 Å². The molecular formula is C23H24N2O6. The minimum Gasteiger partial charge on any atom is -0.388 e. The van der Waals surface area contributed by atoms with Gasteiger partial charge in [0.05, 0.1) is 24.3 Å². The smallest absolute Gasteiger partial charge is 0.265 e. The summed E-state index contributed by atoms with van der Waals surface area (Å²) < 4.78 is 11.3. The maximum Gasteiger partial charge on any atom is 0.265 e. The molecule has 2 aromatic rings. The number of anilines is 1. The first-order chi connectivity index (χ1) is 15.0. The highest BCUT2D eigenvalue weighted by Gasteiger charge is 2.62. The van der Waals surface area contributed by atoms with Crippen LogP contribution in [0.3, 0.4) is 0 Å². The Morgan fingerprint density at radius 2 is 1.68 bits per heavy atom.